The zero-order valence-corrected chi connectivity index (χ0v) is 14.6. The minimum Gasteiger partial charge on any atom is -0.369 e. The van der Waals surface area contributed by atoms with Crippen LogP contribution in [0.4, 0.5) is 5.69 Å². The van der Waals surface area contributed by atoms with Crippen LogP contribution in [0.2, 0.25) is 5.02 Å². The van der Waals surface area contributed by atoms with Crippen molar-refractivity contribution in [2.75, 3.05) is 23.7 Å². The second-order valence-corrected chi connectivity index (χ2v) is 9.00. The lowest BCUT2D eigenvalue weighted by Crippen LogP contribution is -2.27. The van der Waals surface area contributed by atoms with Crippen LogP contribution in [0, 0.1) is 0 Å². The molecule has 1 saturated heterocycles. The van der Waals surface area contributed by atoms with Gasteiger partial charge in [-0.1, -0.05) is 31.5 Å². The van der Waals surface area contributed by atoms with E-state index >= 15 is 0 Å². The van der Waals surface area contributed by atoms with Gasteiger partial charge in [-0.3, -0.25) is 0 Å². The molecule has 1 heterocycles. The summed E-state index contributed by atoms with van der Waals surface area (Å²) in [5, 5.41) is 4.44. The van der Waals surface area contributed by atoms with Crippen LogP contribution < -0.4 is 10.2 Å². The molecular weight excluding hydrogens is 300 g/mol. The number of nitrogens with zero attached hydrogens (tertiary/aromatic N) is 1. The van der Waals surface area contributed by atoms with Crippen LogP contribution in [0.1, 0.15) is 38.7 Å². The Bertz CT molecular complexity index is 500. The molecule has 0 radical (unpaired) electrons. The largest absolute Gasteiger partial charge is 0.369 e. The number of nitrogens with one attached hydrogen (secondary N) is 1. The predicted octanol–water partition coefficient (Wildman–Crippen LogP) is 4.31. The third kappa shape index (κ3) is 4.30. The highest BCUT2D eigenvalue weighted by Gasteiger charge is 2.24. The van der Waals surface area contributed by atoms with Gasteiger partial charge < -0.3 is 10.2 Å². The van der Waals surface area contributed by atoms with E-state index in [1.165, 1.54) is 36.3 Å². The zero-order chi connectivity index (χ0) is 14.9. The molecule has 2 nitrogen and oxygen atoms in total. The Labute approximate surface area is 137 Å². The second-order valence-electron chi connectivity index (χ2n) is 6.79. The zero-order valence-electron chi connectivity index (χ0n) is 13.0. The van der Waals surface area contributed by atoms with Gasteiger partial charge >= 0.3 is 0 Å². The molecule has 0 atom stereocenters. The van der Waals surface area contributed by atoms with Crippen LogP contribution in [-0.4, -0.2) is 29.6 Å². The lowest BCUT2D eigenvalue weighted by atomic mass is 10.1. The first-order valence-corrected chi connectivity index (χ1v) is 9.31. The van der Waals surface area contributed by atoms with Crippen molar-refractivity contribution >= 4 is 29.1 Å². The van der Waals surface area contributed by atoms with Crippen molar-refractivity contribution in [1.29, 1.82) is 0 Å². The molecule has 0 unspecified atom stereocenters. The number of rotatable bonds is 4. The van der Waals surface area contributed by atoms with Crippen LogP contribution in [0.3, 0.4) is 0 Å². The van der Waals surface area contributed by atoms with Crippen molar-refractivity contribution in [2.24, 2.45) is 0 Å². The molecule has 2 fully saturated rings. The fourth-order valence-corrected chi connectivity index (χ4v) is 4.15. The molecule has 0 amide bonds. The minimum absolute atomic E-state index is 0.384. The summed E-state index contributed by atoms with van der Waals surface area (Å²) in [6.45, 7) is 7.81. The third-order valence-corrected chi connectivity index (χ3v) is 6.04. The Kier molecular flexibility index (Phi) is 4.72. The van der Waals surface area contributed by atoms with Crippen LogP contribution >= 0.6 is 23.4 Å². The summed E-state index contributed by atoms with van der Waals surface area (Å²) in [5.74, 6) is 1.17. The van der Waals surface area contributed by atoms with E-state index in [9.17, 15) is 0 Å². The summed E-state index contributed by atoms with van der Waals surface area (Å²) < 4.78 is 0.384. The molecule has 1 aromatic rings. The molecular formula is C17H25ClN2S. The van der Waals surface area contributed by atoms with Gasteiger partial charge in [0.1, 0.15) is 0 Å². The van der Waals surface area contributed by atoms with E-state index in [2.05, 4.69) is 54.0 Å². The monoisotopic (exact) mass is 324 g/mol. The first-order valence-electron chi connectivity index (χ1n) is 7.94. The fraction of sp³-hybridized carbons (Fsp3) is 0.647. The SMILES string of the molecule is CC1(C)CCN(c2ccc(CNC3CC3)cc2Cl)CCS1. The highest BCUT2D eigenvalue weighted by atomic mass is 35.5. The van der Waals surface area contributed by atoms with E-state index in [1.54, 1.807) is 0 Å². The lowest BCUT2D eigenvalue weighted by molar-refractivity contribution is 0.637. The Hall–Kier alpha value is -0.380. The van der Waals surface area contributed by atoms with Gasteiger partial charge in [0.15, 0.2) is 0 Å². The molecule has 0 spiro atoms. The van der Waals surface area contributed by atoms with E-state index in [1.807, 2.05) is 0 Å². The predicted molar refractivity (Wildman–Crippen MR) is 94.7 cm³/mol. The molecule has 21 heavy (non-hydrogen) atoms. The number of anilines is 1. The average molecular weight is 325 g/mol. The van der Waals surface area contributed by atoms with E-state index in [4.69, 9.17) is 11.6 Å². The number of thioether (sulfide) groups is 1. The summed E-state index contributed by atoms with van der Waals surface area (Å²) in [7, 11) is 0. The molecule has 4 heteroatoms. The topological polar surface area (TPSA) is 15.3 Å². The first kappa shape index (κ1) is 15.5. The number of benzene rings is 1. The quantitative estimate of drug-likeness (QED) is 0.888. The number of halogens is 1. The molecule has 1 N–H and O–H groups in total. The maximum absolute atomic E-state index is 6.54. The summed E-state index contributed by atoms with van der Waals surface area (Å²) >= 11 is 8.61. The Morgan fingerprint density at radius 1 is 1.33 bits per heavy atom. The average Bonchev–Trinajstić information content (AvgIpc) is 3.25. The molecule has 1 aromatic carbocycles. The van der Waals surface area contributed by atoms with Gasteiger partial charge in [-0.05, 0) is 37.0 Å². The Balaban J connectivity index is 1.66. The van der Waals surface area contributed by atoms with Crippen molar-refractivity contribution in [1.82, 2.24) is 5.32 Å². The van der Waals surface area contributed by atoms with Crippen LogP contribution in [-0.2, 0) is 6.54 Å². The highest BCUT2D eigenvalue weighted by Crippen LogP contribution is 2.34. The van der Waals surface area contributed by atoms with Crippen LogP contribution in [0.25, 0.3) is 0 Å². The highest BCUT2D eigenvalue weighted by molar-refractivity contribution is 8.00. The normalized spacial score (nSPS) is 22.1. The number of hydrogen-bond donors (Lipinski definition) is 1. The smallest absolute Gasteiger partial charge is 0.0642 e. The fourth-order valence-electron chi connectivity index (χ4n) is 2.73. The van der Waals surface area contributed by atoms with Gasteiger partial charge in [0.2, 0.25) is 0 Å². The maximum atomic E-state index is 6.54. The molecule has 2 aliphatic rings. The van der Waals surface area contributed by atoms with Gasteiger partial charge in [-0.2, -0.15) is 11.8 Å². The van der Waals surface area contributed by atoms with E-state index in [-0.39, 0.29) is 0 Å². The molecule has 1 aliphatic heterocycles. The molecule has 0 bridgehead atoms. The summed E-state index contributed by atoms with van der Waals surface area (Å²) in [5.41, 5.74) is 2.49. The summed E-state index contributed by atoms with van der Waals surface area (Å²) in [6, 6.07) is 7.30. The van der Waals surface area contributed by atoms with Gasteiger partial charge in [-0.15, -0.1) is 0 Å². The first-order chi connectivity index (χ1) is 10.0. The molecule has 3 rings (SSSR count). The molecule has 1 aliphatic carbocycles. The Morgan fingerprint density at radius 2 is 2.14 bits per heavy atom. The molecule has 0 aromatic heterocycles. The van der Waals surface area contributed by atoms with Crippen molar-refractivity contribution in [2.45, 2.75) is 50.4 Å². The van der Waals surface area contributed by atoms with Crippen molar-refractivity contribution < 1.29 is 0 Å². The maximum Gasteiger partial charge on any atom is 0.0642 e. The lowest BCUT2D eigenvalue weighted by Gasteiger charge is -2.25. The van der Waals surface area contributed by atoms with E-state index in [0.29, 0.717) is 4.75 Å². The Morgan fingerprint density at radius 3 is 2.86 bits per heavy atom. The van der Waals surface area contributed by atoms with Crippen LogP contribution in [0.5, 0.6) is 0 Å². The van der Waals surface area contributed by atoms with E-state index in [0.717, 1.165) is 30.7 Å². The van der Waals surface area contributed by atoms with Crippen molar-refractivity contribution in [3.63, 3.8) is 0 Å². The number of hydrogen-bond acceptors (Lipinski definition) is 3. The second kappa shape index (κ2) is 6.39. The van der Waals surface area contributed by atoms with Crippen molar-refractivity contribution in [3.05, 3.63) is 28.8 Å². The summed E-state index contributed by atoms with van der Waals surface area (Å²) in [6.07, 6.45) is 3.86. The minimum atomic E-state index is 0.384. The molecule has 116 valence electrons. The van der Waals surface area contributed by atoms with Gasteiger partial charge in [-0.25, -0.2) is 0 Å². The molecule has 1 saturated carbocycles. The summed E-state index contributed by atoms with van der Waals surface area (Å²) in [4.78, 5) is 2.45. The van der Waals surface area contributed by atoms with Crippen molar-refractivity contribution in [3.8, 4) is 0 Å². The standard InChI is InChI=1S/C17H25ClN2S/c1-17(2)7-8-20(9-10-21-17)16-6-3-13(11-15(16)18)12-19-14-4-5-14/h3,6,11,14,19H,4-5,7-10,12H2,1-2H3. The van der Waals surface area contributed by atoms with Crippen LogP contribution in [0.15, 0.2) is 18.2 Å². The third-order valence-electron chi connectivity index (χ3n) is 4.36. The van der Waals surface area contributed by atoms with E-state index < -0.39 is 0 Å². The van der Waals surface area contributed by atoms with Gasteiger partial charge in [0, 0.05) is 36.2 Å². The van der Waals surface area contributed by atoms with Gasteiger partial charge in [0.05, 0.1) is 10.7 Å². The van der Waals surface area contributed by atoms with Gasteiger partial charge in [0.25, 0.3) is 0 Å².